The van der Waals surface area contributed by atoms with E-state index in [1.54, 1.807) is 48.8 Å². The van der Waals surface area contributed by atoms with Crippen LogP contribution in [-0.2, 0) is 9.59 Å². The number of aliphatic hydroxyl groups excluding tert-OH is 6. The van der Waals surface area contributed by atoms with E-state index >= 15 is 0 Å². The molecule has 3 heterocycles. The number of hydrogen-bond donors (Lipinski definition) is 8. The highest BCUT2D eigenvalue weighted by Crippen LogP contribution is 2.44. The van der Waals surface area contributed by atoms with Gasteiger partial charge in [0, 0.05) is 30.3 Å². The van der Waals surface area contributed by atoms with Crippen molar-refractivity contribution in [3.63, 3.8) is 0 Å². The fourth-order valence-corrected chi connectivity index (χ4v) is 6.15. The van der Waals surface area contributed by atoms with Gasteiger partial charge in [-0.05, 0) is 54.3 Å². The van der Waals surface area contributed by atoms with Crippen LogP contribution in [0, 0.1) is 0 Å². The zero-order valence-electron chi connectivity index (χ0n) is 26.6. The van der Waals surface area contributed by atoms with Crippen LogP contribution >= 0.6 is 0 Å². The molecular weight excluding hydrogens is 630 g/mol. The second-order valence-corrected chi connectivity index (χ2v) is 11.9. The highest BCUT2D eigenvalue weighted by Gasteiger charge is 2.42. The Balaban J connectivity index is 1.48. The van der Waals surface area contributed by atoms with Crippen molar-refractivity contribution in [3.05, 3.63) is 120 Å². The third kappa shape index (κ3) is 8.28. The van der Waals surface area contributed by atoms with E-state index in [1.165, 1.54) is 0 Å². The summed E-state index contributed by atoms with van der Waals surface area (Å²) in [6.45, 7) is -0.789. The zero-order valence-corrected chi connectivity index (χ0v) is 26.6. The lowest BCUT2D eigenvalue weighted by molar-refractivity contribution is -0.160. The number of benzene rings is 2. The molecule has 13 heteroatoms. The summed E-state index contributed by atoms with van der Waals surface area (Å²) in [5, 5.41) is 68.0. The lowest BCUT2D eigenvalue weighted by atomic mass is 9.82. The van der Waals surface area contributed by atoms with Crippen LogP contribution in [0.1, 0.15) is 47.7 Å². The van der Waals surface area contributed by atoms with Crippen LogP contribution in [0.3, 0.4) is 0 Å². The number of rotatable bonds is 14. The molecule has 5 rings (SSSR count). The number of aliphatic hydroxyl groups is 6. The Kier molecular flexibility index (Phi) is 12.0. The maximum Gasteiger partial charge on any atom is 0.254 e. The number of anilines is 2. The minimum absolute atomic E-state index is 0.107. The topological polar surface area (TPSA) is 209 Å². The average molecular weight is 672 g/mol. The van der Waals surface area contributed by atoms with E-state index in [4.69, 9.17) is 5.11 Å². The molecule has 8 atom stereocenters. The highest BCUT2D eigenvalue weighted by molar-refractivity contribution is 5.98. The number of nitrogens with zero attached hydrogens (tertiary/aromatic N) is 3. The molecule has 2 aromatic carbocycles. The molecule has 258 valence electrons. The molecule has 1 aliphatic heterocycles. The molecule has 1 aliphatic rings. The molecule has 0 saturated carbocycles. The number of carbonyl (C=O) groups excluding carboxylic acids is 2. The molecule has 0 bridgehead atoms. The van der Waals surface area contributed by atoms with Crippen LogP contribution in [0.4, 0.5) is 11.5 Å². The molecule has 49 heavy (non-hydrogen) atoms. The van der Waals surface area contributed by atoms with Crippen molar-refractivity contribution < 1.29 is 40.2 Å². The van der Waals surface area contributed by atoms with Crippen molar-refractivity contribution >= 4 is 23.3 Å². The Hall–Kier alpha value is -4.76. The van der Waals surface area contributed by atoms with Gasteiger partial charge >= 0.3 is 0 Å². The van der Waals surface area contributed by atoms with Crippen molar-refractivity contribution in [2.75, 3.05) is 23.8 Å². The summed E-state index contributed by atoms with van der Waals surface area (Å²) < 4.78 is 0. The molecule has 13 nitrogen and oxygen atoms in total. The fourth-order valence-electron chi connectivity index (χ4n) is 6.15. The number of hydrogen-bond acceptors (Lipinski definition) is 11. The molecule has 0 radical (unpaired) electrons. The molecular formula is C36H41N5O8. The average Bonchev–Trinajstić information content (AvgIpc) is 3.65. The number of para-hydroxylation sites is 1. The minimum atomic E-state index is -2.15. The quantitative estimate of drug-likeness (QED) is 0.0964. The number of nitrogens with one attached hydrogen (secondary N) is 2. The number of pyridine rings is 2. The minimum Gasteiger partial charge on any atom is -0.394 e. The van der Waals surface area contributed by atoms with Crippen molar-refractivity contribution in [2.45, 2.75) is 61.4 Å². The van der Waals surface area contributed by atoms with E-state index in [0.29, 0.717) is 34.7 Å². The number of amides is 2. The molecule has 0 spiro atoms. The molecule has 4 aromatic rings. The summed E-state index contributed by atoms with van der Waals surface area (Å²) in [5.74, 6) is -1.72. The number of carbonyl (C=O) groups is 2. The van der Waals surface area contributed by atoms with E-state index in [0.717, 1.165) is 4.90 Å². The van der Waals surface area contributed by atoms with Crippen LogP contribution in [0.2, 0.25) is 0 Å². The first kappa shape index (κ1) is 35.5. The maximum absolute atomic E-state index is 13.9. The fraction of sp³-hybridized carbons (Fsp3) is 0.333. The van der Waals surface area contributed by atoms with E-state index in [2.05, 4.69) is 20.6 Å². The first-order valence-electron chi connectivity index (χ1n) is 16.1. The third-order valence-corrected chi connectivity index (χ3v) is 8.74. The van der Waals surface area contributed by atoms with Gasteiger partial charge in [-0.2, -0.15) is 0 Å². The molecule has 2 aromatic heterocycles. The normalized spacial score (nSPS) is 18.8. The SMILES string of the molecule is O=C(Nc1ccccc1[C@H](Nc1ccccn1)[C@@H](c1ccccn1)[C@@H](O)c1ccccc1)C1CCCN1C(=O)[C@H](O)[C@@H](O)[C@H](O)[C@H](O)CO. The van der Waals surface area contributed by atoms with Crippen LogP contribution in [0.15, 0.2) is 103 Å². The van der Waals surface area contributed by atoms with Gasteiger partial charge in [0.2, 0.25) is 5.91 Å². The molecule has 0 aliphatic carbocycles. The third-order valence-electron chi connectivity index (χ3n) is 8.74. The van der Waals surface area contributed by atoms with Crippen LogP contribution in [0.25, 0.3) is 0 Å². The summed E-state index contributed by atoms with van der Waals surface area (Å²) >= 11 is 0. The summed E-state index contributed by atoms with van der Waals surface area (Å²) in [6, 6.07) is 25.4. The lowest BCUT2D eigenvalue weighted by Crippen LogP contribution is -2.55. The van der Waals surface area contributed by atoms with E-state index < -0.39 is 66.9 Å². The molecule has 1 fully saturated rings. The molecule has 2 amide bonds. The van der Waals surface area contributed by atoms with Gasteiger partial charge in [0.15, 0.2) is 6.10 Å². The maximum atomic E-state index is 13.9. The monoisotopic (exact) mass is 671 g/mol. The Labute approximate surface area is 283 Å². The van der Waals surface area contributed by atoms with Gasteiger partial charge in [-0.3, -0.25) is 14.6 Å². The summed E-state index contributed by atoms with van der Waals surface area (Å²) in [4.78, 5) is 37.3. The summed E-state index contributed by atoms with van der Waals surface area (Å²) in [5.41, 5.74) is 2.23. The Morgan fingerprint density at radius 2 is 1.49 bits per heavy atom. The Bertz CT molecular complexity index is 1650. The van der Waals surface area contributed by atoms with Crippen molar-refractivity contribution in [1.82, 2.24) is 14.9 Å². The number of likely N-dealkylation sites (tertiary alicyclic amines) is 1. The Morgan fingerprint density at radius 1 is 0.816 bits per heavy atom. The standard InChI is InChI=1S/C36H41N5O8/c42-21-27(43)32(45)33(46)34(47)36(49)41-20-10-16-26(41)35(48)39-24-14-5-4-13-23(24)30(40-28-17-7-9-19-38-28)29(25-15-6-8-18-37-25)31(44)22-11-2-1-3-12-22/h1-9,11-15,17-19,26-27,29-34,42-47H,10,16,20-21H2,(H,38,40)(H,39,48)/t26?,27-,29-,30+,31+,32-,33+,34-/m1/s1. The number of aromatic nitrogens is 2. The van der Waals surface area contributed by atoms with E-state index in [1.807, 2.05) is 54.6 Å². The van der Waals surface area contributed by atoms with Gasteiger partial charge in [-0.1, -0.05) is 60.7 Å². The summed E-state index contributed by atoms with van der Waals surface area (Å²) in [7, 11) is 0. The van der Waals surface area contributed by atoms with Gasteiger partial charge < -0.3 is 46.2 Å². The summed E-state index contributed by atoms with van der Waals surface area (Å²) in [6.07, 6.45) is -5.09. The zero-order chi connectivity index (χ0) is 34.9. The lowest BCUT2D eigenvalue weighted by Gasteiger charge is -2.34. The van der Waals surface area contributed by atoms with Gasteiger partial charge in [-0.15, -0.1) is 0 Å². The molecule has 1 saturated heterocycles. The first-order chi connectivity index (χ1) is 23.7. The van der Waals surface area contributed by atoms with Crippen molar-refractivity contribution in [2.24, 2.45) is 0 Å². The van der Waals surface area contributed by atoms with Crippen molar-refractivity contribution in [3.8, 4) is 0 Å². The molecule has 8 N–H and O–H groups in total. The first-order valence-corrected chi connectivity index (χ1v) is 16.1. The predicted octanol–water partition coefficient (Wildman–Crippen LogP) is 1.51. The van der Waals surface area contributed by atoms with Gasteiger partial charge in [0.25, 0.3) is 5.91 Å². The van der Waals surface area contributed by atoms with Crippen LogP contribution in [0.5, 0.6) is 0 Å². The highest BCUT2D eigenvalue weighted by atomic mass is 16.4. The van der Waals surface area contributed by atoms with Gasteiger partial charge in [-0.25, -0.2) is 4.98 Å². The van der Waals surface area contributed by atoms with Gasteiger partial charge in [0.1, 0.15) is 30.2 Å². The van der Waals surface area contributed by atoms with E-state index in [-0.39, 0.29) is 13.0 Å². The molecule has 1 unspecified atom stereocenters. The second-order valence-electron chi connectivity index (χ2n) is 11.9. The van der Waals surface area contributed by atoms with Crippen LogP contribution in [-0.4, -0.2) is 101 Å². The van der Waals surface area contributed by atoms with E-state index in [9.17, 15) is 35.1 Å². The second kappa shape index (κ2) is 16.6. The smallest absolute Gasteiger partial charge is 0.254 e. The van der Waals surface area contributed by atoms with Gasteiger partial charge in [0.05, 0.1) is 24.7 Å². The predicted molar refractivity (Wildman–Crippen MR) is 180 cm³/mol. The van der Waals surface area contributed by atoms with Crippen molar-refractivity contribution in [1.29, 1.82) is 0 Å². The van der Waals surface area contributed by atoms with Crippen LogP contribution < -0.4 is 10.6 Å². The largest absolute Gasteiger partial charge is 0.394 e. The Morgan fingerprint density at radius 3 is 2.16 bits per heavy atom.